The van der Waals surface area contributed by atoms with E-state index in [1.165, 1.54) is 18.3 Å². The minimum Gasteiger partial charge on any atom is -0.492 e. The maximum Gasteiger partial charge on any atom is 0.261 e. The van der Waals surface area contributed by atoms with Crippen LogP contribution < -0.4 is 15.4 Å². The van der Waals surface area contributed by atoms with Crippen LogP contribution in [0.2, 0.25) is 0 Å². The van der Waals surface area contributed by atoms with Gasteiger partial charge in [-0.2, -0.15) is 0 Å². The molecule has 0 atom stereocenters. The van der Waals surface area contributed by atoms with Crippen LogP contribution in [0.15, 0.2) is 35.7 Å². The molecule has 2 N–H and O–H groups in total. The third-order valence-electron chi connectivity index (χ3n) is 2.88. The first-order valence-corrected chi connectivity index (χ1v) is 7.77. The van der Waals surface area contributed by atoms with Gasteiger partial charge in [-0.1, -0.05) is 6.07 Å². The number of ether oxygens (including phenoxy) is 1. The van der Waals surface area contributed by atoms with E-state index in [0.717, 1.165) is 10.4 Å². The van der Waals surface area contributed by atoms with Crippen molar-refractivity contribution >= 4 is 28.8 Å². The molecule has 0 bridgehead atoms. The first-order chi connectivity index (χ1) is 10.6. The summed E-state index contributed by atoms with van der Waals surface area (Å²) in [6, 6.07) is 9.05. The van der Waals surface area contributed by atoms with Crippen molar-refractivity contribution in [3.05, 3.63) is 46.2 Å². The Morgan fingerprint density at radius 2 is 2.09 bits per heavy atom. The van der Waals surface area contributed by atoms with Crippen LogP contribution in [0.5, 0.6) is 5.75 Å². The van der Waals surface area contributed by atoms with Gasteiger partial charge in [-0.15, -0.1) is 11.3 Å². The summed E-state index contributed by atoms with van der Waals surface area (Å²) in [6.07, 6.45) is 0. The van der Waals surface area contributed by atoms with Crippen LogP contribution >= 0.6 is 11.3 Å². The average Bonchev–Trinajstić information content (AvgIpc) is 2.89. The van der Waals surface area contributed by atoms with Crippen LogP contribution in [0, 0.1) is 6.92 Å². The highest BCUT2D eigenvalue weighted by Gasteiger charge is 2.09. The molecule has 0 radical (unpaired) electrons. The molecular formula is C16H18N2O3S. The average molecular weight is 318 g/mol. The fourth-order valence-corrected chi connectivity index (χ4v) is 2.73. The van der Waals surface area contributed by atoms with Gasteiger partial charge >= 0.3 is 0 Å². The molecule has 1 aromatic heterocycles. The zero-order valence-corrected chi connectivity index (χ0v) is 13.3. The van der Waals surface area contributed by atoms with E-state index >= 15 is 0 Å². The maximum absolute atomic E-state index is 11.9. The maximum atomic E-state index is 11.9. The summed E-state index contributed by atoms with van der Waals surface area (Å²) in [5, 5.41) is 7.41. The highest BCUT2D eigenvalue weighted by Crippen LogP contribution is 2.17. The van der Waals surface area contributed by atoms with Crippen molar-refractivity contribution in [2.75, 3.05) is 18.5 Å². The molecule has 0 aliphatic carbocycles. The molecule has 6 heteroatoms. The summed E-state index contributed by atoms with van der Waals surface area (Å²) in [5.74, 6) is 0.437. The number of amides is 2. The van der Waals surface area contributed by atoms with Gasteiger partial charge in [0, 0.05) is 18.7 Å². The normalized spacial score (nSPS) is 10.1. The quantitative estimate of drug-likeness (QED) is 0.805. The minimum atomic E-state index is -0.129. The summed E-state index contributed by atoms with van der Waals surface area (Å²) in [5.41, 5.74) is 1.66. The number of carbonyl (C=O) groups excluding carboxylic acids is 2. The molecule has 116 valence electrons. The van der Waals surface area contributed by atoms with Crippen molar-refractivity contribution in [2.45, 2.75) is 13.8 Å². The Morgan fingerprint density at radius 3 is 2.77 bits per heavy atom. The number of nitrogens with one attached hydrogen (secondary N) is 2. The molecule has 2 rings (SSSR count). The summed E-state index contributed by atoms with van der Waals surface area (Å²) in [6.45, 7) is 4.14. The smallest absolute Gasteiger partial charge is 0.261 e. The number of anilines is 1. The topological polar surface area (TPSA) is 67.4 Å². The van der Waals surface area contributed by atoms with Gasteiger partial charge in [0.2, 0.25) is 5.91 Å². The molecular weight excluding hydrogens is 300 g/mol. The monoisotopic (exact) mass is 318 g/mol. The Hall–Kier alpha value is -2.34. The molecule has 0 saturated heterocycles. The fourth-order valence-electron chi connectivity index (χ4n) is 1.89. The number of thiophene rings is 1. The van der Waals surface area contributed by atoms with Crippen LogP contribution in [0.1, 0.15) is 22.2 Å². The number of benzene rings is 1. The molecule has 0 aliphatic rings. The SMILES string of the molecule is CC(=O)Nc1cccc(OCCNC(=O)c2sccc2C)c1. The van der Waals surface area contributed by atoms with Gasteiger partial charge in [-0.25, -0.2) is 0 Å². The van der Waals surface area contributed by atoms with Crippen molar-refractivity contribution in [3.63, 3.8) is 0 Å². The predicted molar refractivity (Wildman–Crippen MR) is 87.6 cm³/mol. The number of rotatable bonds is 6. The van der Waals surface area contributed by atoms with Crippen molar-refractivity contribution in [3.8, 4) is 5.75 Å². The summed E-state index contributed by atoms with van der Waals surface area (Å²) < 4.78 is 5.56. The zero-order chi connectivity index (χ0) is 15.9. The lowest BCUT2D eigenvalue weighted by molar-refractivity contribution is -0.114. The van der Waals surface area contributed by atoms with E-state index in [1.54, 1.807) is 24.3 Å². The van der Waals surface area contributed by atoms with Crippen LogP contribution in [0.4, 0.5) is 5.69 Å². The van der Waals surface area contributed by atoms with E-state index in [9.17, 15) is 9.59 Å². The van der Waals surface area contributed by atoms with Gasteiger partial charge < -0.3 is 15.4 Å². The lowest BCUT2D eigenvalue weighted by Crippen LogP contribution is -2.27. The van der Waals surface area contributed by atoms with Crippen LogP contribution in [-0.2, 0) is 4.79 Å². The Morgan fingerprint density at radius 1 is 1.27 bits per heavy atom. The highest BCUT2D eigenvalue weighted by molar-refractivity contribution is 7.12. The minimum absolute atomic E-state index is 0.0805. The van der Waals surface area contributed by atoms with Crippen LogP contribution in [0.25, 0.3) is 0 Å². The summed E-state index contributed by atoms with van der Waals surface area (Å²) in [7, 11) is 0. The van der Waals surface area contributed by atoms with Gasteiger partial charge in [0.05, 0.1) is 11.4 Å². The number of carbonyl (C=O) groups is 2. The Labute approximate surface area is 133 Å². The first-order valence-electron chi connectivity index (χ1n) is 6.89. The molecule has 0 aliphatic heterocycles. The molecule has 0 unspecified atom stereocenters. The molecule has 2 aromatic rings. The highest BCUT2D eigenvalue weighted by atomic mass is 32.1. The molecule has 0 spiro atoms. The second kappa shape index (κ2) is 7.61. The molecule has 2 amide bonds. The second-order valence-corrected chi connectivity index (χ2v) is 5.66. The fraction of sp³-hybridized carbons (Fsp3) is 0.250. The van der Waals surface area contributed by atoms with E-state index < -0.39 is 0 Å². The standard InChI is InChI=1S/C16H18N2O3S/c1-11-6-9-22-15(11)16(20)17-7-8-21-14-5-3-4-13(10-14)18-12(2)19/h3-6,9-10H,7-8H2,1-2H3,(H,17,20)(H,18,19). The van der Waals surface area contributed by atoms with E-state index in [4.69, 9.17) is 4.74 Å². The Balaban J connectivity index is 1.78. The van der Waals surface area contributed by atoms with Gasteiger partial charge in [0.1, 0.15) is 12.4 Å². The Bertz CT molecular complexity index is 667. The van der Waals surface area contributed by atoms with Crippen LogP contribution in [-0.4, -0.2) is 25.0 Å². The number of aryl methyl sites for hydroxylation is 1. The molecule has 22 heavy (non-hydrogen) atoms. The summed E-state index contributed by atoms with van der Waals surface area (Å²) >= 11 is 1.43. The molecule has 0 fully saturated rings. The van der Waals surface area contributed by atoms with E-state index in [0.29, 0.717) is 24.6 Å². The van der Waals surface area contributed by atoms with Crippen molar-refractivity contribution in [2.24, 2.45) is 0 Å². The lowest BCUT2D eigenvalue weighted by atomic mass is 10.3. The lowest BCUT2D eigenvalue weighted by Gasteiger charge is -2.09. The number of hydrogen-bond donors (Lipinski definition) is 2. The molecule has 1 heterocycles. The van der Waals surface area contributed by atoms with Gasteiger partial charge in [0.25, 0.3) is 5.91 Å². The second-order valence-electron chi connectivity index (χ2n) is 4.75. The molecule has 0 saturated carbocycles. The van der Waals surface area contributed by atoms with E-state index in [2.05, 4.69) is 10.6 Å². The largest absolute Gasteiger partial charge is 0.492 e. The van der Waals surface area contributed by atoms with E-state index in [-0.39, 0.29) is 11.8 Å². The summed E-state index contributed by atoms with van der Waals surface area (Å²) in [4.78, 5) is 23.6. The predicted octanol–water partition coefficient (Wildman–Crippen LogP) is 2.82. The first kappa shape index (κ1) is 16.0. The molecule has 1 aromatic carbocycles. The van der Waals surface area contributed by atoms with E-state index in [1.807, 2.05) is 18.4 Å². The van der Waals surface area contributed by atoms with Crippen molar-refractivity contribution < 1.29 is 14.3 Å². The van der Waals surface area contributed by atoms with Gasteiger partial charge in [-0.3, -0.25) is 9.59 Å². The van der Waals surface area contributed by atoms with Gasteiger partial charge in [0.15, 0.2) is 0 Å². The molecule has 5 nitrogen and oxygen atoms in total. The van der Waals surface area contributed by atoms with Crippen molar-refractivity contribution in [1.29, 1.82) is 0 Å². The van der Waals surface area contributed by atoms with Crippen LogP contribution in [0.3, 0.4) is 0 Å². The third-order valence-corrected chi connectivity index (χ3v) is 3.89. The zero-order valence-electron chi connectivity index (χ0n) is 12.5. The Kier molecular flexibility index (Phi) is 5.55. The van der Waals surface area contributed by atoms with Crippen molar-refractivity contribution in [1.82, 2.24) is 5.32 Å². The third kappa shape index (κ3) is 4.60. The number of hydrogen-bond acceptors (Lipinski definition) is 4. The van der Waals surface area contributed by atoms with Gasteiger partial charge in [-0.05, 0) is 36.1 Å².